The molecule has 180 valence electrons. The number of rotatable bonds is 8. The summed E-state index contributed by atoms with van der Waals surface area (Å²) in [5.74, 6) is 1.04. The normalized spacial score (nSPS) is 16.4. The summed E-state index contributed by atoms with van der Waals surface area (Å²) < 4.78 is 10.4. The molecule has 1 saturated heterocycles. The van der Waals surface area contributed by atoms with E-state index in [1.54, 1.807) is 43.4 Å². The second-order valence-electron chi connectivity index (χ2n) is 7.73. The number of amides is 2. The van der Waals surface area contributed by atoms with Crippen molar-refractivity contribution in [1.29, 1.82) is 0 Å². The fraction of sp³-hybridized carbons (Fsp3) is 0.192. The zero-order valence-corrected chi connectivity index (χ0v) is 20.8. The Morgan fingerprint density at radius 3 is 2.17 bits per heavy atom. The predicted octanol–water partition coefficient (Wildman–Crippen LogP) is 5.52. The number of hydrogen-bond donors (Lipinski definition) is 1. The van der Waals surface area contributed by atoms with Crippen LogP contribution in [-0.4, -0.2) is 41.4 Å². The number of halogens is 1. The first-order valence-electron chi connectivity index (χ1n) is 10.8. The number of anilines is 1. The SMILES string of the molecule is COc1ccc(CN2C(=O)C(CC(=O)Nc3ccc(Cl)cc3)SC2=Nc2ccc(OC)cc2)cc1. The summed E-state index contributed by atoms with van der Waals surface area (Å²) in [4.78, 5) is 32.3. The summed E-state index contributed by atoms with van der Waals surface area (Å²) in [6.07, 6.45) is 0.0207. The van der Waals surface area contributed by atoms with Crippen LogP contribution < -0.4 is 14.8 Å². The second kappa shape index (κ2) is 11.3. The van der Waals surface area contributed by atoms with Crippen molar-refractivity contribution in [2.75, 3.05) is 19.5 Å². The Hall–Kier alpha value is -3.49. The van der Waals surface area contributed by atoms with Crippen molar-refractivity contribution >= 4 is 51.7 Å². The number of nitrogens with zero attached hydrogens (tertiary/aromatic N) is 2. The monoisotopic (exact) mass is 509 g/mol. The Labute approximate surface area is 213 Å². The highest BCUT2D eigenvalue weighted by atomic mass is 35.5. The Balaban J connectivity index is 1.54. The largest absolute Gasteiger partial charge is 0.497 e. The lowest BCUT2D eigenvalue weighted by molar-refractivity contribution is -0.128. The summed E-state index contributed by atoms with van der Waals surface area (Å²) in [6.45, 7) is 0.333. The number of carbonyl (C=O) groups is 2. The zero-order valence-electron chi connectivity index (χ0n) is 19.2. The molecule has 1 unspecified atom stereocenters. The van der Waals surface area contributed by atoms with Gasteiger partial charge in [0.15, 0.2) is 5.17 Å². The van der Waals surface area contributed by atoms with Crippen molar-refractivity contribution < 1.29 is 19.1 Å². The molecule has 2 amide bonds. The third kappa shape index (κ3) is 6.35. The molecule has 3 aromatic rings. The summed E-state index contributed by atoms with van der Waals surface area (Å²) in [7, 11) is 3.21. The van der Waals surface area contributed by atoms with Crippen molar-refractivity contribution in [3.8, 4) is 11.5 Å². The van der Waals surface area contributed by atoms with Gasteiger partial charge in [0.1, 0.15) is 16.7 Å². The summed E-state index contributed by atoms with van der Waals surface area (Å²) in [5, 5.41) is 3.36. The van der Waals surface area contributed by atoms with Crippen LogP contribution in [0.4, 0.5) is 11.4 Å². The minimum Gasteiger partial charge on any atom is -0.497 e. The lowest BCUT2D eigenvalue weighted by Gasteiger charge is -2.17. The van der Waals surface area contributed by atoms with Gasteiger partial charge in [-0.15, -0.1) is 0 Å². The lowest BCUT2D eigenvalue weighted by atomic mass is 10.2. The maximum Gasteiger partial charge on any atom is 0.242 e. The molecule has 0 spiro atoms. The van der Waals surface area contributed by atoms with E-state index in [0.717, 1.165) is 17.1 Å². The second-order valence-corrected chi connectivity index (χ2v) is 9.34. The molecule has 1 heterocycles. The molecular formula is C26H24ClN3O4S. The minimum atomic E-state index is -0.586. The van der Waals surface area contributed by atoms with Crippen molar-refractivity contribution in [1.82, 2.24) is 4.90 Å². The van der Waals surface area contributed by atoms with Gasteiger partial charge in [0.05, 0.1) is 26.5 Å². The third-order valence-electron chi connectivity index (χ3n) is 5.32. The van der Waals surface area contributed by atoms with Crippen LogP contribution in [0.25, 0.3) is 0 Å². The van der Waals surface area contributed by atoms with Gasteiger partial charge < -0.3 is 14.8 Å². The van der Waals surface area contributed by atoms with E-state index in [-0.39, 0.29) is 18.2 Å². The standard InChI is InChI=1S/C26H24ClN3O4S/c1-33-21-11-3-17(4-12-21)16-30-25(32)23(15-24(31)28-19-7-5-18(27)6-8-19)35-26(30)29-20-9-13-22(34-2)14-10-20/h3-14,23H,15-16H2,1-2H3,(H,28,31). The van der Waals surface area contributed by atoms with Crippen LogP contribution in [0, 0.1) is 0 Å². The third-order valence-corrected chi connectivity index (χ3v) is 6.74. The Kier molecular flexibility index (Phi) is 7.94. The highest BCUT2D eigenvalue weighted by molar-refractivity contribution is 8.15. The molecule has 1 aliphatic heterocycles. The van der Waals surface area contributed by atoms with Gasteiger partial charge in [-0.05, 0) is 66.2 Å². The molecule has 0 saturated carbocycles. The van der Waals surface area contributed by atoms with E-state index in [9.17, 15) is 9.59 Å². The number of methoxy groups -OCH3 is 2. The van der Waals surface area contributed by atoms with Crippen molar-refractivity contribution in [3.05, 3.63) is 83.4 Å². The topological polar surface area (TPSA) is 80.2 Å². The Morgan fingerprint density at radius 2 is 1.57 bits per heavy atom. The molecule has 35 heavy (non-hydrogen) atoms. The molecule has 4 rings (SSSR count). The van der Waals surface area contributed by atoms with Crippen LogP contribution in [0.3, 0.4) is 0 Å². The van der Waals surface area contributed by atoms with E-state index < -0.39 is 5.25 Å². The van der Waals surface area contributed by atoms with Crippen LogP contribution in [0.5, 0.6) is 11.5 Å². The predicted molar refractivity (Wildman–Crippen MR) is 140 cm³/mol. The van der Waals surface area contributed by atoms with Crippen LogP contribution >= 0.6 is 23.4 Å². The molecule has 1 N–H and O–H groups in total. The molecule has 1 fully saturated rings. The summed E-state index contributed by atoms with van der Waals surface area (Å²) >= 11 is 7.20. The van der Waals surface area contributed by atoms with Crippen molar-refractivity contribution in [2.45, 2.75) is 18.2 Å². The molecule has 7 nitrogen and oxygen atoms in total. The molecule has 9 heteroatoms. The van der Waals surface area contributed by atoms with E-state index >= 15 is 0 Å². The number of ether oxygens (including phenoxy) is 2. The average Bonchev–Trinajstić information content (AvgIpc) is 3.15. The van der Waals surface area contributed by atoms with Crippen molar-refractivity contribution in [3.63, 3.8) is 0 Å². The molecule has 0 bridgehead atoms. The van der Waals surface area contributed by atoms with Crippen LogP contribution in [-0.2, 0) is 16.1 Å². The van der Waals surface area contributed by atoms with Gasteiger partial charge in [-0.25, -0.2) is 4.99 Å². The number of amidine groups is 1. The first-order valence-corrected chi connectivity index (χ1v) is 12.1. The number of benzene rings is 3. The molecule has 0 aromatic heterocycles. The summed E-state index contributed by atoms with van der Waals surface area (Å²) in [5.41, 5.74) is 2.23. The first kappa shape index (κ1) is 24.6. The van der Waals surface area contributed by atoms with Gasteiger partial charge in [-0.2, -0.15) is 0 Å². The molecule has 0 radical (unpaired) electrons. The zero-order chi connectivity index (χ0) is 24.8. The molecule has 0 aliphatic carbocycles. The van der Waals surface area contributed by atoms with E-state index in [4.69, 9.17) is 26.1 Å². The maximum atomic E-state index is 13.3. The Morgan fingerprint density at radius 1 is 0.971 bits per heavy atom. The maximum absolute atomic E-state index is 13.3. The first-order chi connectivity index (χ1) is 16.9. The highest BCUT2D eigenvalue weighted by Crippen LogP contribution is 2.33. The van der Waals surface area contributed by atoms with E-state index in [1.807, 2.05) is 48.5 Å². The fourth-order valence-corrected chi connectivity index (χ4v) is 4.75. The average molecular weight is 510 g/mol. The lowest BCUT2D eigenvalue weighted by Crippen LogP contribution is -2.33. The number of nitrogens with one attached hydrogen (secondary N) is 1. The van der Waals surface area contributed by atoms with Gasteiger partial charge in [-0.1, -0.05) is 35.5 Å². The smallest absolute Gasteiger partial charge is 0.242 e. The van der Waals surface area contributed by atoms with Crippen molar-refractivity contribution in [2.24, 2.45) is 4.99 Å². The minimum absolute atomic E-state index is 0.0207. The molecule has 1 atom stereocenters. The number of carbonyl (C=O) groups excluding carboxylic acids is 2. The van der Waals surface area contributed by atoms with Gasteiger partial charge >= 0.3 is 0 Å². The van der Waals surface area contributed by atoms with E-state index in [2.05, 4.69) is 5.32 Å². The molecular weight excluding hydrogens is 486 g/mol. The number of aliphatic imine (C=N–C) groups is 1. The van der Waals surface area contributed by atoms with Gasteiger partial charge in [-0.3, -0.25) is 14.5 Å². The van der Waals surface area contributed by atoms with Crippen LogP contribution in [0.1, 0.15) is 12.0 Å². The Bertz CT molecular complexity index is 1210. The van der Waals surface area contributed by atoms with E-state index in [1.165, 1.54) is 11.8 Å². The highest BCUT2D eigenvalue weighted by Gasteiger charge is 2.39. The quantitative estimate of drug-likeness (QED) is 0.432. The van der Waals surface area contributed by atoms with Gasteiger partial charge in [0, 0.05) is 17.1 Å². The summed E-state index contributed by atoms with van der Waals surface area (Å²) in [6, 6.07) is 21.6. The van der Waals surface area contributed by atoms with E-state index in [0.29, 0.717) is 28.1 Å². The van der Waals surface area contributed by atoms with Gasteiger partial charge in [0.25, 0.3) is 0 Å². The number of thioether (sulfide) groups is 1. The fourth-order valence-electron chi connectivity index (χ4n) is 3.46. The molecule has 3 aromatic carbocycles. The van der Waals surface area contributed by atoms with Gasteiger partial charge in [0.2, 0.25) is 11.8 Å². The van der Waals surface area contributed by atoms with Crippen LogP contribution in [0.15, 0.2) is 77.8 Å². The van der Waals surface area contributed by atoms with Crippen LogP contribution in [0.2, 0.25) is 5.02 Å². The molecule has 1 aliphatic rings. The number of hydrogen-bond acceptors (Lipinski definition) is 6.